The smallest absolute Gasteiger partial charge is 0.126 e. The van der Waals surface area contributed by atoms with Crippen LogP contribution >= 0.6 is 0 Å². The fourth-order valence-corrected chi connectivity index (χ4v) is 10.6. The highest BCUT2D eigenvalue weighted by Gasteiger charge is 2.67. The van der Waals surface area contributed by atoms with Gasteiger partial charge in [-0.3, -0.25) is 0 Å². The molecule has 7 unspecified atom stereocenters. The molecule has 1 nitrogen and oxygen atoms in total. The average molecular weight is 425 g/mol. The van der Waals surface area contributed by atoms with E-state index in [-0.39, 0.29) is 10.8 Å². The maximum atomic E-state index is 12.6. The Balaban J connectivity index is 1.59. The Morgan fingerprint density at radius 2 is 1.55 bits per heavy atom. The third kappa shape index (κ3) is 2.76. The molecule has 7 atom stereocenters. The lowest BCUT2D eigenvalue weighted by Crippen LogP contribution is -2.63. The van der Waals surface area contributed by atoms with E-state index in [1.54, 1.807) is 5.57 Å². The topological polar surface area (TPSA) is 17.1 Å². The second-order valence-electron chi connectivity index (χ2n) is 14.9. The Morgan fingerprint density at radius 3 is 2.26 bits per heavy atom. The summed E-state index contributed by atoms with van der Waals surface area (Å²) in [5, 5.41) is 0. The summed E-state index contributed by atoms with van der Waals surface area (Å²) >= 11 is 0. The minimum atomic E-state index is -0.0714. The normalized spacial score (nSPS) is 52.6. The maximum Gasteiger partial charge on any atom is 0.126 e. The largest absolute Gasteiger partial charge is 0.303 e. The molecule has 31 heavy (non-hydrogen) atoms. The van der Waals surface area contributed by atoms with Crippen molar-refractivity contribution >= 4 is 6.29 Å². The van der Waals surface area contributed by atoms with Crippen molar-refractivity contribution in [1.82, 2.24) is 0 Å². The minimum Gasteiger partial charge on any atom is -0.303 e. The number of hydrogen-bond acceptors (Lipinski definition) is 1. The van der Waals surface area contributed by atoms with Crippen molar-refractivity contribution in [3.05, 3.63) is 11.6 Å². The summed E-state index contributed by atoms with van der Waals surface area (Å²) in [6.07, 6.45) is 18.3. The molecule has 174 valence electrons. The SMILES string of the molecule is CC1(C)CCC2(C=O)CCC3(C)C(=CCC4C5(C)CCCC(C)(C)C5CCC43C)C2C1. The molecule has 0 saturated heterocycles. The van der Waals surface area contributed by atoms with E-state index in [1.165, 1.54) is 64.1 Å². The van der Waals surface area contributed by atoms with E-state index >= 15 is 0 Å². The van der Waals surface area contributed by atoms with Gasteiger partial charge >= 0.3 is 0 Å². The van der Waals surface area contributed by atoms with Crippen LogP contribution in [-0.4, -0.2) is 6.29 Å². The van der Waals surface area contributed by atoms with Gasteiger partial charge in [0, 0.05) is 5.41 Å². The Hall–Kier alpha value is -0.590. The second-order valence-corrected chi connectivity index (χ2v) is 14.9. The van der Waals surface area contributed by atoms with Crippen LogP contribution in [0.4, 0.5) is 0 Å². The molecule has 4 fully saturated rings. The highest BCUT2D eigenvalue weighted by atomic mass is 16.1. The monoisotopic (exact) mass is 424 g/mol. The summed E-state index contributed by atoms with van der Waals surface area (Å²) in [5.74, 6) is 2.16. The molecule has 1 heteroatoms. The van der Waals surface area contributed by atoms with Gasteiger partial charge in [0.25, 0.3) is 0 Å². The summed E-state index contributed by atoms with van der Waals surface area (Å²) in [5.41, 5.74) is 3.64. The first-order chi connectivity index (χ1) is 14.3. The van der Waals surface area contributed by atoms with Gasteiger partial charge in [-0.2, -0.15) is 0 Å². The summed E-state index contributed by atoms with van der Waals surface area (Å²) in [6, 6.07) is 0. The molecule has 4 saturated carbocycles. The first-order valence-corrected chi connectivity index (χ1v) is 13.5. The van der Waals surface area contributed by atoms with Gasteiger partial charge in [0.15, 0.2) is 0 Å². The molecule has 5 aliphatic rings. The quantitative estimate of drug-likeness (QED) is 0.305. The van der Waals surface area contributed by atoms with E-state index in [0.717, 1.165) is 24.7 Å². The lowest BCUT2D eigenvalue weighted by atomic mass is 9.34. The van der Waals surface area contributed by atoms with Crippen LogP contribution < -0.4 is 0 Å². The van der Waals surface area contributed by atoms with Crippen LogP contribution in [0.2, 0.25) is 0 Å². The van der Waals surface area contributed by atoms with E-state index in [4.69, 9.17) is 0 Å². The fourth-order valence-electron chi connectivity index (χ4n) is 10.6. The average Bonchev–Trinajstić information content (AvgIpc) is 2.67. The van der Waals surface area contributed by atoms with Gasteiger partial charge in [0.2, 0.25) is 0 Å². The molecule has 5 rings (SSSR count). The maximum absolute atomic E-state index is 12.6. The molecular formula is C30H48O. The molecule has 0 bridgehead atoms. The first-order valence-electron chi connectivity index (χ1n) is 13.5. The van der Waals surface area contributed by atoms with Gasteiger partial charge in [0.05, 0.1) is 0 Å². The number of fused-ring (bicyclic) bond motifs is 7. The van der Waals surface area contributed by atoms with Crippen molar-refractivity contribution in [1.29, 1.82) is 0 Å². The molecule has 0 radical (unpaired) electrons. The van der Waals surface area contributed by atoms with Gasteiger partial charge in [0.1, 0.15) is 6.29 Å². The second kappa shape index (κ2) is 6.50. The lowest BCUT2D eigenvalue weighted by Gasteiger charge is -2.70. The molecule has 0 aromatic carbocycles. The number of allylic oxidation sites excluding steroid dienone is 2. The highest BCUT2D eigenvalue weighted by molar-refractivity contribution is 5.63. The van der Waals surface area contributed by atoms with Crippen molar-refractivity contribution in [2.75, 3.05) is 0 Å². The molecule has 0 amide bonds. The zero-order valence-corrected chi connectivity index (χ0v) is 21.6. The molecule has 5 aliphatic carbocycles. The molecular weight excluding hydrogens is 376 g/mol. The molecule has 0 heterocycles. The van der Waals surface area contributed by atoms with Crippen molar-refractivity contribution < 1.29 is 4.79 Å². The zero-order chi connectivity index (χ0) is 22.5. The number of hydrogen-bond donors (Lipinski definition) is 0. The Morgan fingerprint density at radius 1 is 0.839 bits per heavy atom. The number of rotatable bonds is 1. The minimum absolute atomic E-state index is 0.0714. The first kappa shape index (κ1) is 22.2. The van der Waals surface area contributed by atoms with Crippen LogP contribution in [0.15, 0.2) is 11.6 Å². The molecule has 0 N–H and O–H groups in total. The van der Waals surface area contributed by atoms with Crippen LogP contribution in [0, 0.1) is 50.2 Å². The van der Waals surface area contributed by atoms with Crippen molar-refractivity contribution in [2.24, 2.45) is 50.2 Å². The molecule has 0 aromatic heterocycles. The molecule has 0 spiro atoms. The van der Waals surface area contributed by atoms with E-state index in [2.05, 4.69) is 54.5 Å². The Labute approximate surface area is 192 Å². The van der Waals surface area contributed by atoms with Crippen LogP contribution in [0.1, 0.15) is 119 Å². The van der Waals surface area contributed by atoms with Crippen LogP contribution in [0.5, 0.6) is 0 Å². The predicted molar refractivity (Wildman–Crippen MR) is 130 cm³/mol. The van der Waals surface area contributed by atoms with Gasteiger partial charge in [-0.05, 0) is 109 Å². The van der Waals surface area contributed by atoms with Crippen LogP contribution in [-0.2, 0) is 4.79 Å². The van der Waals surface area contributed by atoms with Crippen LogP contribution in [0.25, 0.3) is 0 Å². The molecule has 0 aliphatic heterocycles. The summed E-state index contributed by atoms with van der Waals surface area (Å²) in [7, 11) is 0. The third-order valence-electron chi connectivity index (χ3n) is 12.7. The van der Waals surface area contributed by atoms with E-state index in [9.17, 15) is 4.79 Å². The summed E-state index contributed by atoms with van der Waals surface area (Å²) in [4.78, 5) is 12.6. The predicted octanol–water partition coefficient (Wildman–Crippen LogP) is 8.38. The molecule has 0 aromatic rings. The van der Waals surface area contributed by atoms with E-state index in [1.807, 2.05) is 0 Å². The van der Waals surface area contributed by atoms with Crippen molar-refractivity contribution in [2.45, 2.75) is 119 Å². The van der Waals surface area contributed by atoms with Gasteiger partial charge in [-0.15, -0.1) is 0 Å². The van der Waals surface area contributed by atoms with E-state index < -0.39 is 0 Å². The van der Waals surface area contributed by atoms with Gasteiger partial charge in [-0.1, -0.05) is 66.5 Å². The van der Waals surface area contributed by atoms with Crippen LogP contribution in [0.3, 0.4) is 0 Å². The Kier molecular flexibility index (Phi) is 4.66. The standard InChI is InChI=1S/C30H48O/c1-25(2)15-17-30(20-31)18-16-28(6)21(22(30)19-25)9-10-24-27(5)13-8-12-26(3,4)23(27)11-14-29(24,28)7/h9,20,22-24H,8,10-19H2,1-7H3. The highest BCUT2D eigenvalue weighted by Crippen LogP contribution is 2.75. The lowest BCUT2D eigenvalue weighted by molar-refractivity contribution is -0.180. The van der Waals surface area contributed by atoms with Crippen molar-refractivity contribution in [3.63, 3.8) is 0 Å². The zero-order valence-electron chi connectivity index (χ0n) is 21.6. The van der Waals surface area contributed by atoms with Gasteiger partial charge < -0.3 is 4.79 Å². The number of carbonyl (C=O) groups excluding carboxylic acids is 1. The summed E-state index contributed by atoms with van der Waals surface area (Å²) < 4.78 is 0. The Bertz CT molecular complexity index is 803. The fraction of sp³-hybridized carbons (Fsp3) is 0.900. The van der Waals surface area contributed by atoms with Gasteiger partial charge in [-0.25, -0.2) is 0 Å². The van der Waals surface area contributed by atoms with Crippen molar-refractivity contribution in [3.8, 4) is 0 Å². The number of carbonyl (C=O) groups is 1. The summed E-state index contributed by atoms with van der Waals surface area (Å²) in [6.45, 7) is 18.0. The number of aldehydes is 1. The third-order valence-corrected chi connectivity index (χ3v) is 12.7. The van der Waals surface area contributed by atoms with E-state index in [0.29, 0.717) is 27.6 Å².